The first-order valence-electron chi connectivity index (χ1n) is 3.92. The maximum absolute atomic E-state index is 6.09. The van der Waals surface area contributed by atoms with Gasteiger partial charge in [-0.2, -0.15) is 0 Å². The standard InChI is InChI=1S/C7H10ClN3S/c1-5-2-11(3-6(5)8)7-10-9-4-12-7/h4-6H,2-3H2,1H3. The highest BCUT2D eigenvalue weighted by molar-refractivity contribution is 7.13. The highest BCUT2D eigenvalue weighted by Crippen LogP contribution is 2.27. The molecule has 0 saturated carbocycles. The van der Waals surface area contributed by atoms with E-state index < -0.39 is 0 Å². The molecular weight excluding hydrogens is 194 g/mol. The zero-order valence-electron chi connectivity index (χ0n) is 6.77. The fraction of sp³-hybridized carbons (Fsp3) is 0.714. The van der Waals surface area contributed by atoms with Crippen molar-refractivity contribution in [2.75, 3.05) is 18.0 Å². The SMILES string of the molecule is CC1CN(c2nncs2)CC1Cl. The monoisotopic (exact) mass is 203 g/mol. The van der Waals surface area contributed by atoms with Crippen LogP contribution in [0, 0.1) is 5.92 Å². The van der Waals surface area contributed by atoms with E-state index in [1.54, 1.807) is 16.8 Å². The van der Waals surface area contributed by atoms with E-state index in [9.17, 15) is 0 Å². The molecule has 66 valence electrons. The van der Waals surface area contributed by atoms with Crippen LogP contribution >= 0.6 is 22.9 Å². The number of hydrogen-bond donors (Lipinski definition) is 0. The number of aromatic nitrogens is 2. The van der Waals surface area contributed by atoms with E-state index in [0.29, 0.717) is 5.92 Å². The average Bonchev–Trinajstić information content (AvgIpc) is 2.61. The van der Waals surface area contributed by atoms with Gasteiger partial charge in [-0.15, -0.1) is 21.8 Å². The molecule has 0 spiro atoms. The highest BCUT2D eigenvalue weighted by Gasteiger charge is 2.29. The van der Waals surface area contributed by atoms with Crippen LogP contribution in [0.15, 0.2) is 5.51 Å². The van der Waals surface area contributed by atoms with Crippen molar-refractivity contribution in [3.8, 4) is 0 Å². The van der Waals surface area contributed by atoms with Crippen molar-refractivity contribution < 1.29 is 0 Å². The van der Waals surface area contributed by atoms with Gasteiger partial charge >= 0.3 is 0 Å². The normalized spacial score (nSPS) is 29.7. The van der Waals surface area contributed by atoms with Gasteiger partial charge in [-0.3, -0.25) is 0 Å². The molecule has 2 rings (SSSR count). The molecule has 0 bridgehead atoms. The molecule has 0 amide bonds. The fourth-order valence-corrected chi connectivity index (χ4v) is 2.22. The molecule has 0 radical (unpaired) electrons. The van der Waals surface area contributed by atoms with Crippen molar-refractivity contribution in [3.05, 3.63) is 5.51 Å². The number of rotatable bonds is 1. The second-order valence-corrected chi connectivity index (χ2v) is 4.49. The fourth-order valence-electron chi connectivity index (χ4n) is 1.39. The lowest BCUT2D eigenvalue weighted by atomic mass is 10.2. The molecule has 1 fully saturated rings. The van der Waals surface area contributed by atoms with Crippen LogP contribution in [0.25, 0.3) is 0 Å². The predicted octanol–water partition coefficient (Wildman–Crippen LogP) is 1.60. The maximum Gasteiger partial charge on any atom is 0.208 e. The molecule has 1 aliphatic heterocycles. The Morgan fingerprint density at radius 1 is 1.67 bits per heavy atom. The Labute approximate surface area is 80.4 Å². The van der Waals surface area contributed by atoms with E-state index in [0.717, 1.165) is 18.2 Å². The van der Waals surface area contributed by atoms with Crippen LogP contribution in [0.4, 0.5) is 5.13 Å². The molecule has 1 aliphatic rings. The highest BCUT2D eigenvalue weighted by atomic mass is 35.5. The summed E-state index contributed by atoms with van der Waals surface area (Å²) < 4.78 is 0. The molecule has 12 heavy (non-hydrogen) atoms. The third-order valence-electron chi connectivity index (χ3n) is 2.14. The molecule has 1 saturated heterocycles. The summed E-state index contributed by atoms with van der Waals surface area (Å²) >= 11 is 7.66. The van der Waals surface area contributed by atoms with Crippen molar-refractivity contribution in [1.82, 2.24) is 10.2 Å². The first-order valence-corrected chi connectivity index (χ1v) is 5.24. The van der Waals surface area contributed by atoms with Crippen LogP contribution in [0.2, 0.25) is 0 Å². The molecule has 1 aromatic rings. The van der Waals surface area contributed by atoms with E-state index in [1.807, 2.05) is 0 Å². The summed E-state index contributed by atoms with van der Waals surface area (Å²) in [7, 11) is 0. The Hall–Kier alpha value is -0.350. The zero-order chi connectivity index (χ0) is 8.55. The van der Waals surface area contributed by atoms with Crippen LogP contribution in [-0.4, -0.2) is 28.7 Å². The number of alkyl halides is 1. The topological polar surface area (TPSA) is 29.0 Å². The lowest BCUT2D eigenvalue weighted by molar-refractivity contribution is 0.666. The van der Waals surface area contributed by atoms with Gasteiger partial charge in [-0.1, -0.05) is 18.3 Å². The van der Waals surface area contributed by atoms with Crippen molar-refractivity contribution in [3.63, 3.8) is 0 Å². The van der Waals surface area contributed by atoms with Gasteiger partial charge in [0, 0.05) is 13.1 Å². The molecule has 0 N–H and O–H groups in total. The van der Waals surface area contributed by atoms with Crippen LogP contribution in [0.5, 0.6) is 0 Å². The summed E-state index contributed by atoms with van der Waals surface area (Å²) in [5, 5.41) is 9.05. The summed E-state index contributed by atoms with van der Waals surface area (Å²) in [5.41, 5.74) is 1.75. The van der Waals surface area contributed by atoms with Crippen LogP contribution in [0.3, 0.4) is 0 Å². The summed E-state index contributed by atoms with van der Waals surface area (Å²) in [6, 6.07) is 0. The first-order chi connectivity index (χ1) is 5.77. The van der Waals surface area contributed by atoms with Gasteiger partial charge in [0.25, 0.3) is 0 Å². The summed E-state index contributed by atoms with van der Waals surface area (Å²) in [4.78, 5) is 2.19. The van der Waals surface area contributed by atoms with Crippen molar-refractivity contribution in [1.29, 1.82) is 0 Å². The largest absolute Gasteiger partial charge is 0.345 e. The molecule has 0 aromatic carbocycles. The minimum Gasteiger partial charge on any atom is -0.345 e. The van der Waals surface area contributed by atoms with Crippen LogP contribution in [-0.2, 0) is 0 Å². The minimum absolute atomic E-state index is 0.258. The molecule has 2 heterocycles. The minimum atomic E-state index is 0.258. The van der Waals surface area contributed by atoms with Gasteiger partial charge in [-0.05, 0) is 5.92 Å². The Kier molecular flexibility index (Phi) is 2.19. The summed E-state index contributed by atoms with van der Waals surface area (Å²) in [5.74, 6) is 0.551. The molecular formula is C7H10ClN3S. The Bertz CT molecular complexity index is 241. The molecule has 1 aromatic heterocycles. The van der Waals surface area contributed by atoms with E-state index in [4.69, 9.17) is 11.6 Å². The molecule has 2 atom stereocenters. The third kappa shape index (κ3) is 1.41. The van der Waals surface area contributed by atoms with E-state index in [1.165, 1.54) is 0 Å². The van der Waals surface area contributed by atoms with Crippen molar-refractivity contribution in [2.45, 2.75) is 12.3 Å². The number of anilines is 1. The van der Waals surface area contributed by atoms with Crippen molar-refractivity contribution >= 4 is 28.1 Å². The molecule has 2 unspecified atom stereocenters. The van der Waals surface area contributed by atoms with Gasteiger partial charge in [0.05, 0.1) is 5.38 Å². The van der Waals surface area contributed by atoms with Crippen LogP contribution < -0.4 is 4.90 Å². The zero-order valence-corrected chi connectivity index (χ0v) is 8.35. The number of nitrogens with zero attached hydrogens (tertiary/aromatic N) is 3. The molecule has 3 nitrogen and oxygen atoms in total. The first kappa shape index (κ1) is 8.26. The number of hydrogen-bond acceptors (Lipinski definition) is 4. The van der Waals surface area contributed by atoms with Crippen LogP contribution in [0.1, 0.15) is 6.92 Å². The maximum atomic E-state index is 6.09. The van der Waals surface area contributed by atoms with Gasteiger partial charge in [-0.25, -0.2) is 0 Å². The smallest absolute Gasteiger partial charge is 0.208 e. The predicted molar refractivity (Wildman–Crippen MR) is 50.9 cm³/mol. The van der Waals surface area contributed by atoms with E-state index in [2.05, 4.69) is 22.0 Å². The van der Waals surface area contributed by atoms with E-state index >= 15 is 0 Å². The average molecular weight is 204 g/mol. The van der Waals surface area contributed by atoms with Gasteiger partial charge in [0.1, 0.15) is 5.51 Å². The Morgan fingerprint density at radius 2 is 2.50 bits per heavy atom. The van der Waals surface area contributed by atoms with Gasteiger partial charge in [0.2, 0.25) is 5.13 Å². The second kappa shape index (κ2) is 3.18. The molecule has 5 heteroatoms. The Balaban J connectivity index is 2.09. The third-order valence-corrected chi connectivity index (χ3v) is 3.46. The van der Waals surface area contributed by atoms with Gasteiger partial charge in [0.15, 0.2) is 0 Å². The second-order valence-electron chi connectivity index (χ2n) is 3.12. The summed E-state index contributed by atoms with van der Waals surface area (Å²) in [6.45, 7) is 4.07. The van der Waals surface area contributed by atoms with Gasteiger partial charge < -0.3 is 4.90 Å². The quantitative estimate of drug-likeness (QED) is 0.650. The molecule has 0 aliphatic carbocycles. The summed E-state index contributed by atoms with van der Waals surface area (Å²) in [6.07, 6.45) is 0. The Morgan fingerprint density at radius 3 is 3.00 bits per heavy atom. The number of halogens is 1. The van der Waals surface area contributed by atoms with Crippen molar-refractivity contribution in [2.24, 2.45) is 5.92 Å². The lowest BCUT2D eigenvalue weighted by Crippen LogP contribution is -2.19. The van der Waals surface area contributed by atoms with E-state index in [-0.39, 0.29) is 5.38 Å². The lowest BCUT2D eigenvalue weighted by Gasteiger charge is -2.11.